The van der Waals surface area contributed by atoms with Crippen molar-refractivity contribution in [1.29, 1.82) is 0 Å². The van der Waals surface area contributed by atoms with Crippen LogP contribution in [0.3, 0.4) is 0 Å². The van der Waals surface area contributed by atoms with Crippen LogP contribution in [0.5, 0.6) is 0 Å². The maximum atomic E-state index is 5.96. The fraction of sp³-hybridized carbons (Fsp3) is 0.462. The minimum atomic E-state index is 0.217. The Morgan fingerprint density at radius 3 is 2.62 bits per heavy atom. The van der Waals surface area contributed by atoms with E-state index in [1.165, 1.54) is 0 Å². The standard InChI is InChI=1S/C13H17ClN6S/c1-9-8-21-13(16-9)20-4-2-3-19(5-6-20)11-7-10(14)17-12(15)18-11/h7-8H,2-6H2,1H3,(H2,15,17,18). The van der Waals surface area contributed by atoms with Crippen LogP contribution in [0.4, 0.5) is 16.9 Å². The Labute approximate surface area is 132 Å². The Bertz CT molecular complexity index is 611. The van der Waals surface area contributed by atoms with Gasteiger partial charge in [0.2, 0.25) is 5.95 Å². The van der Waals surface area contributed by atoms with Crippen molar-refractivity contribution in [2.75, 3.05) is 41.7 Å². The highest BCUT2D eigenvalue weighted by atomic mass is 35.5. The lowest BCUT2D eigenvalue weighted by Crippen LogP contribution is -2.31. The zero-order chi connectivity index (χ0) is 14.8. The number of hydrogen-bond donors (Lipinski definition) is 1. The summed E-state index contributed by atoms with van der Waals surface area (Å²) < 4.78 is 0. The molecular weight excluding hydrogens is 308 g/mol. The average Bonchev–Trinajstić information content (AvgIpc) is 2.72. The van der Waals surface area contributed by atoms with Gasteiger partial charge in [-0.1, -0.05) is 11.6 Å². The van der Waals surface area contributed by atoms with E-state index in [1.54, 1.807) is 17.4 Å². The number of nitrogens with two attached hydrogens (primary N) is 1. The number of rotatable bonds is 2. The average molecular weight is 325 g/mol. The first-order valence-electron chi connectivity index (χ1n) is 6.84. The van der Waals surface area contributed by atoms with Crippen molar-refractivity contribution in [3.05, 3.63) is 22.3 Å². The molecule has 21 heavy (non-hydrogen) atoms. The minimum Gasteiger partial charge on any atom is -0.368 e. The summed E-state index contributed by atoms with van der Waals surface area (Å²) in [6.45, 7) is 5.72. The van der Waals surface area contributed by atoms with Gasteiger partial charge in [-0.05, 0) is 13.3 Å². The smallest absolute Gasteiger partial charge is 0.223 e. The molecule has 0 atom stereocenters. The molecule has 0 aliphatic carbocycles. The van der Waals surface area contributed by atoms with Gasteiger partial charge in [0.1, 0.15) is 11.0 Å². The first-order chi connectivity index (χ1) is 10.1. The largest absolute Gasteiger partial charge is 0.368 e. The van der Waals surface area contributed by atoms with Gasteiger partial charge in [-0.2, -0.15) is 4.98 Å². The second kappa shape index (κ2) is 6.03. The van der Waals surface area contributed by atoms with Crippen molar-refractivity contribution in [2.45, 2.75) is 13.3 Å². The zero-order valence-corrected chi connectivity index (χ0v) is 13.4. The SMILES string of the molecule is Cc1csc(N2CCCN(c3cc(Cl)nc(N)n3)CC2)n1. The molecule has 0 amide bonds. The van der Waals surface area contributed by atoms with Gasteiger partial charge in [-0.3, -0.25) is 0 Å². The van der Waals surface area contributed by atoms with Crippen LogP contribution in [0, 0.1) is 6.92 Å². The zero-order valence-electron chi connectivity index (χ0n) is 11.8. The van der Waals surface area contributed by atoms with Crippen LogP contribution in [-0.2, 0) is 0 Å². The van der Waals surface area contributed by atoms with E-state index in [0.717, 1.165) is 49.2 Å². The van der Waals surface area contributed by atoms with Crippen LogP contribution in [0.1, 0.15) is 12.1 Å². The van der Waals surface area contributed by atoms with E-state index in [2.05, 4.69) is 30.1 Å². The molecule has 2 N–H and O–H groups in total. The minimum absolute atomic E-state index is 0.217. The van der Waals surface area contributed by atoms with Gasteiger partial charge < -0.3 is 15.5 Å². The number of aromatic nitrogens is 3. The number of anilines is 3. The summed E-state index contributed by atoms with van der Waals surface area (Å²) in [7, 11) is 0. The van der Waals surface area contributed by atoms with Crippen LogP contribution in [0.2, 0.25) is 5.15 Å². The first-order valence-corrected chi connectivity index (χ1v) is 8.09. The quantitative estimate of drug-likeness (QED) is 0.854. The Balaban J connectivity index is 1.73. The van der Waals surface area contributed by atoms with Crippen molar-refractivity contribution in [2.24, 2.45) is 0 Å². The van der Waals surface area contributed by atoms with Crippen molar-refractivity contribution in [3.63, 3.8) is 0 Å². The molecule has 3 rings (SSSR count). The Morgan fingerprint density at radius 1 is 1.14 bits per heavy atom. The van der Waals surface area contributed by atoms with Gasteiger partial charge in [-0.15, -0.1) is 11.3 Å². The molecule has 2 aromatic rings. The maximum Gasteiger partial charge on any atom is 0.223 e. The topological polar surface area (TPSA) is 71.2 Å². The van der Waals surface area contributed by atoms with Crippen LogP contribution in [0.15, 0.2) is 11.4 Å². The Morgan fingerprint density at radius 2 is 1.90 bits per heavy atom. The number of hydrogen-bond acceptors (Lipinski definition) is 7. The van der Waals surface area contributed by atoms with E-state index in [4.69, 9.17) is 17.3 Å². The number of thiazole rings is 1. The van der Waals surface area contributed by atoms with Crippen molar-refractivity contribution in [1.82, 2.24) is 15.0 Å². The van der Waals surface area contributed by atoms with E-state index in [9.17, 15) is 0 Å². The second-order valence-corrected chi connectivity index (χ2v) is 6.23. The van der Waals surface area contributed by atoms with Gasteiger partial charge in [0.05, 0.1) is 5.69 Å². The normalized spacial score (nSPS) is 16.1. The summed E-state index contributed by atoms with van der Waals surface area (Å²) in [5.74, 6) is 1.01. The molecule has 0 spiro atoms. The summed E-state index contributed by atoms with van der Waals surface area (Å²) in [6, 6.07) is 1.76. The molecule has 8 heteroatoms. The van der Waals surface area contributed by atoms with Crippen molar-refractivity contribution in [3.8, 4) is 0 Å². The highest BCUT2D eigenvalue weighted by molar-refractivity contribution is 7.13. The molecule has 0 saturated carbocycles. The lowest BCUT2D eigenvalue weighted by molar-refractivity contribution is 0.796. The second-order valence-electron chi connectivity index (χ2n) is 5.01. The van der Waals surface area contributed by atoms with Gasteiger partial charge in [0.25, 0.3) is 0 Å². The highest BCUT2D eigenvalue weighted by Gasteiger charge is 2.18. The molecule has 6 nitrogen and oxygen atoms in total. The van der Waals surface area contributed by atoms with Crippen molar-refractivity contribution < 1.29 is 0 Å². The van der Waals surface area contributed by atoms with Gasteiger partial charge in [-0.25, -0.2) is 9.97 Å². The molecule has 2 aromatic heterocycles. The summed E-state index contributed by atoms with van der Waals surface area (Å²) >= 11 is 7.66. The van der Waals surface area contributed by atoms with E-state index in [0.29, 0.717) is 5.15 Å². The van der Waals surface area contributed by atoms with Gasteiger partial charge in [0.15, 0.2) is 5.13 Å². The fourth-order valence-electron chi connectivity index (χ4n) is 2.41. The summed E-state index contributed by atoms with van der Waals surface area (Å²) in [5.41, 5.74) is 6.75. The third-order valence-corrected chi connectivity index (χ3v) is 4.61. The molecule has 0 radical (unpaired) electrons. The molecule has 0 aromatic carbocycles. The predicted molar refractivity (Wildman–Crippen MR) is 87.3 cm³/mol. The molecule has 3 heterocycles. The molecule has 0 unspecified atom stereocenters. The predicted octanol–water partition coefficient (Wildman–Crippen LogP) is 2.19. The summed E-state index contributed by atoms with van der Waals surface area (Å²) in [5, 5.41) is 3.56. The summed E-state index contributed by atoms with van der Waals surface area (Å²) in [4.78, 5) is 17.3. The molecule has 112 valence electrons. The van der Waals surface area contributed by atoms with E-state index >= 15 is 0 Å². The number of aryl methyl sites for hydroxylation is 1. The van der Waals surface area contributed by atoms with E-state index in [-0.39, 0.29) is 5.95 Å². The molecular formula is C13H17ClN6S. The monoisotopic (exact) mass is 324 g/mol. The van der Waals surface area contributed by atoms with Gasteiger partial charge in [0, 0.05) is 37.6 Å². The number of halogens is 1. The molecule has 1 aliphatic rings. The van der Waals surface area contributed by atoms with E-state index in [1.807, 2.05) is 6.92 Å². The molecule has 1 saturated heterocycles. The maximum absolute atomic E-state index is 5.96. The Kier molecular flexibility index (Phi) is 4.12. The van der Waals surface area contributed by atoms with Crippen LogP contribution < -0.4 is 15.5 Å². The van der Waals surface area contributed by atoms with E-state index < -0.39 is 0 Å². The number of nitrogen functional groups attached to an aromatic ring is 1. The molecule has 0 bridgehead atoms. The lowest BCUT2D eigenvalue weighted by Gasteiger charge is -2.22. The molecule has 1 fully saturated rings. The Hall–Kier alpha value is -1.60. The van der Waals surface area contributed by atoms with Crippen LogP contribution >= 0.6 is 22.9 Å². The third-order valence-electron chi connectivity index (χ3n) is 3.40. The third kappa shape index (κ3) is 3.36. The van der Waals surface area contributed by atoms with Crippen LogP contribution in [-0.4, -0.2) is 41.1 Å². The van der Waals surface area contributed by atoms with Crippen molar-refractivity contribution >= 4 is 39.8 Å². The number of nitrogens with zero attached hydrogens (tertiary/aromatic N) is 5. The lowest BCUT2D eigenvalue weighted by atomic mass is 10.4. The van der Waals surface area contributed by atoms with Crippen LogP contribution in [0.25, 0.3) is 0 Å². The highest BCUT2D eigenvalue weighted by Crippen LogP contribution is 2.23. The van der Waals surface area contributed by atoms with Gasteiger partial charge >= 0.3 is 0 Å². The summed E-state index contributed by atoms with van der Waals surface area (Å²) in [6.07, 6.45) is 1.04. The first kappa shape index (κ1) is 14.3. The molecule has 1 aliphatic heterocycles. The fourth-order valence-corrected chi connectivity index (χ4v) is 3.45.